The van der Waals surface area contributed by atoms with Crippen molar-refractivity contribution in [1.82, 2.24) is 29.8 Å². The molecule has 0 amide bonds. The zero-order chi connectivity index (χ0) is 10.8. The van der Waals surface area contributed by atoms with Crippen LogP contribution >= 0.6 is 0 Å². The second-order valence-corrected chi connectivity index (χ2v) is 3.12. The Kier molecular flexibility index (Phi) is 2.34. The number of nitrogen functional groups attached to an aromatic ring is 1. The van der Waals surface area contributed by atoms with E-state index in [1.54, 1.807) is 17.9 Å². The molecule has 4 N–H and O–H groups in total. The molecule has 0 bridgehead atoms. The first kappa shape index (κ1) is 9.59. The van der Waals surface area contributed by atoms with E-state index >= 15 is 0 Å². The predicted octanol–water partition coefficient (Wildman–Crippen LogP) is -1.50. The highest BCUT2D eigenvalue weighted by Gasteiger charge is 2.06. The number of anilines is 1. The molecule has 0 saturated heterocycles. The minimum atomic E-state index is 0.373. The maximum Gasteiger partial charge on any atom is 0.218 e. The van der Waals surface area contributed by atoms with Gasteiger partial charge in [-0.1, -0.05) is 5.21 Å². The fraction of sp³-hybridized carbons (Fsp3) is 0.429. The van der Waals surface area contributed by atoms with E-state index < -0.39 is 0 Å². The van der Waals surface area contributed by atoms with E-state index in [0.717, 1.165) is 5.69 Å². The summed E-state index contributed by atoms with van der Waals surface area (Å²) < 4.78 is 3.13. The number of hydrogen-bond donors (Lipinski definition) is 2. The largest absolute Gasteiger partial charge is 0.368 e. The van der Waals surface area contributed by atoms with Gasteiger partial charge in [-0.15, -0.1) is 5.10 Å². The molecule has 2 heterocycles. The van der Waals surface area contributed by atoms with Crippen molar-refractivity contribution in [3.05, 3.63) is 17.7 Å². The summed E-state index contributed by atoms with van der Waals surface area (Å²) in [5.74, 6) is 0.979. The average molecular weight is 208 g/mol. The van der Waals surface area contributed by atoms with Crippen LogP contribution in [-0.4, -0.2) is 29.8 Å². The zero-order valence-electron chi connectivity index (χ0n) is 8.33. The van der Waals surface area contributed by atoms with Gasteiger partial charge >= 0.3 is 0 Å². The van der Waals surface area contributed by atoms with Gasteiger partial charge in [-0.05, 0) is 0 Å². The molecule has 8 nitrogen and oxygen atoms in total. The molecule has 0 spiro atoms. The Bertz CT molecular complexity index is 436. The Hall–Kier alpha value is -1.96. The van der Waals surface area contributed by atoms with Crippen molar-refractivity contribution in [2.24, 2.45) is 12.8 Å². The molecule has 0 radical (unpaired) electrons. The maximum absolute atomic E-state index is 5.55. The standard InChI is InChI=1S/C7H12N8/c1-14-7(9)10-6(12-14)4-15-3-5(2-8)11-13-15/h3H,2,4,8H2,1H3,(H2,9,10,12). The molecule has 0 fully saturated rings. The van der Waals surface area contributed by atoms with Gasteiger partial charge in [-0.2, -0.15) is 10.1 Å². The maximum atomic E-state index is 5.55. The lowest BCUT2D eigenvalue weighted by molar-refractivity contribution is 0.617. The molecule has 2 aromatic rings. The molecule has 2 rings (SSSR count). The molecule has 0 aromatic carbocycles. The van der Waals surface area contributed by atoms with Crippen LogP contribution in [0, 0.1) is 0 Å². The van der Waals surface area contributed by atoms with Crippen molar-refractivity contribution in [2.45, 2.75) is 13.1 Å². The van der Waals surface area contributed by atoms with Crippen molar-refractivity contribution in [3.63, 3.8) is 0 Å². The monoisotopic (exact) mass is 208 g/mol. The van der Waals surface area contributed by atoms with E-state index in [0.29, 0.717) is 24.9 Å². The fourth-order valence-electron chi connectivity index (χ4n) is 1.17. The topological polar surface area (TPSA) is 113 Å². The van der Waals surface area contributed by atoms with Gasteiger partial charge in [0.1, 0.15) is 6.54 Å². The van der Waals surface area contributed by atoms with Crippen molar-refractivity contribution < 1.29 is 0 Å². The predicted molar refractivity (Wildman–Crippen MR) is 52.4 cm³/mol. The summed E-state index contributed by atoms with van der Waals surface area (Å²) in [6, 6.07) is 0. The lowest BCUT2D eigenvalue weighted by atomic mass is 10.5. The Morgan fingerprint density at radius 2 is 2.27 bits per heavy atom. The van der Waals surface area contributed by atoms with Gasteiger partial charge in [0.15, 0.2) is 5.82 Å². The highest BCUT2D eigenvalue weighted by atomic mass is 15.4. The summed E-state index contributed by atoms with van der Waals surface area (Å²) in [6.07, 6.45) is 1.76. The van der Waals surface area contributed by atoms with Gasteiger partial charge in [0.25, 0.3) is 0 Å². The number of rotatable bonds is 3. The SMILES string of the molecule is Cn1nc(Cn2cc(CN)nn2)nc1N. The molecule has 0 unspecified atom stereocenters. The van der Waals surface area contributed by atoms with Gasteiger partial charge in [0.05, 0.1) is 11.9 Å². The Balaban J connectivity index is 2.14. The summed E-state index contributed by atoms with van der Waals surface area (Å²) in [4.78, 5) is 4.05. The fourth-order valence-corrected chi connectivity index (χ4v) is 1.17. The van der Waals surface area contributed by atoms with Gasteiger partial charge in [0.2, 0.25) is 5.95 Å². The van der Waals surface area contributed by atoms with Gasteiger partial charge in [0, 0.05) is 13.6 Å². The van der Waals surface area contributed by atoms with Crippen LogP contribution in [0.2, 0.25) is 0 Å². The minimum Gasteiger partial charge on any atom is -0.368 e. The van der Waals surface area contributed by atoms with Crippen LogP contribution in [0.4, 0.5) is 5.95 Å². The van der Waals surface area contributed by atoms with Crippen LogP contribution in [0.5, 0.6) is 0 Å². The van der Waals surface area contributed by atoms with Crippen molar-refractivity contribution in [3.8, 4) is 0 Å². The zero-order valence-corrected chi connectivity index (χ0v) is 8.33. The van der Waals surface area contributed by atoms with Crippen molar-refractivity contribution >= 4 is 5.95 Å². The van der Waals surface area contributed by atoms with Crippen LogP contribution in [0.1, 0.15) is 11.5 Å². The smallest absolute Gasteiger partial charge is 0.218 e. The molecule has 80 valence electrons. The van der Waals surface area contributed by atoms with E-state index in [2.05, 4.69) is 20.4 Å². The van der Waals surface area contributed by atoms with Gasteiger partial charge in [-0.25, -0.2) is 9.36 Å². The molecule has 0 aliphatic rings. The number of aromatic nitrogens is 6. The normalized spacial score (nSPS) is 10.8. The third-order valence-corrected chi connectivity index (χ3v) is 1.94. The van der Waals surface area contributed by atoms with Crippen LogP contribution < -0.4 is 11.5 Å². The van der Waals surface area contributed by atoms with Crippen molar-refractivity contribution in [1.29, 1.82) is 0 Å². The molecule has 0 aliphatic carbocycles. The first-order valence-electron chi connectivity index (χ1n) is 4.43. The second-order valence-electron chi connectivity index (χ2n) is 3.12. The number of nitrogens with two attached hydrogens (primary N) is 2. The molecular weight excluding hydrogens is 196 g/mol. The van der Waals surface area contributed by atoms with Crippen LogP contribution in [0.3, 0.4) is 0 Å². The molecule has 8 heteroatoms. The molecule has 15 heavy (non-hydrogen) atoms. The lowest BCUT2D eigenvalue weighted by Crippen LogP contribution is -2.03. The van der Waals surface area contributed by atoms with E-state index in [1.807, 2.05) is 0 Å². The highest BCUT2D eigenvalue weighted by Crippen LogP contribution is 2.00. The molecule has 2 aromatic heterocycles. The average Bonchev–Trinajstić information content (AvgIpc) is 2.76. The van der Waals surface area contributed by atoms with Crippen molar-refractivity contribution in [2.75, 3.05) is 5.73 Å². The van der Waals surface area contributed by atoms with Crippen LogP contribution in [-0.2, 0) is 20.1 Å². The first-order valence-corrected chi connectivity index (χ1v) is 4.43. The summed E-state index contributed by atoms with van der Waals surface area (Å²) in [6.45, 7) is 0.815. The molecular formula is C7H12N8. The summed E-state index contributed by atoms with van der Waals surface area (Å²) in [7, 11) is 1.73. The Morgan fingerprint density at radius 1 is 1.47 bits per heavy atom. The summed E-state index contributed by atoms with van der Waals surface area (Å²) >= 11 is 0. The Morgan fingerprint density at radius 3 is 2.80 bits per heavy atom. The van der Waals surface area contributed by atoms with E-state index in [1.165, 1.54) is 4.68 Å². The third kappa shape index (κ3) is 1.94. The molecule has 0 aliphatic heterocycles. The van der Waals surface area contributed by atoms with E-state index in [4.69, 9.17) is 11.5 Å². The molecule has 0 saturated carbocycles. The lowest BCUT2D eigenvalue weighted by Gasteiger charge is -1.92. The van der Waals surface area contributed by atoms with Crippen LogP contribution in [0.15, 0.2) is 6.20 Å². The van der Waals surface area contributed by atoms with Gasteiger partial charge in [-0.3, -0.25) is 0 Å². The number of nitrogens with zero attached hydrogens (tertiary/aromatic N) is 6. The minimum absolute atomic E-state index is 0.373. The number of aryl methyl sites for hydroxylation is 1. The summed E-state index contributed by atoms with van der Waals surface area (Å²) in [5.41, 5.74) is 11.7. The molecule has 0 atom stereocenters. The first-order chi connectivity index (χ1) is 7.19. The number of hydrogen-bond acceptors (Lipinski definition) is 6. The van der Waals surface area contributed by atoms with E-state index in [9.17, 15) is 0 Å². The van der Waals surface area contributed by atoms with E-state index in [-0.39, 0.29) is 0 Å². The highest BCUT2D eigenvalue weighted by molar-refractivity contribution is 5.15. The quantitative estimate of drug-likeness (QED) is 0.634. The second kappa shape index (κ2) is 3.65. The Labute approximate surface area is 85.9 Å². The van der Waals surface area contributed by atoms with Gasteiger partial charge < -0.3 is 11.5 Å². The third-order valence-electron chi connectivity index (χ3n) is 1.94. The summed E-state index contributed by atoms with van der Waals surface area (Å²) in [5, 5.41) is 11.8. The van der Waals surface area contributed by atoms with Crippen LogP contribution in [0.25, 0.3) is 0 Å².